The molecule has 1 aliphatic carbocycles. The number of halogens is 1. The summed E-state index contributed by atoms with van der Waals surface area (Å²) in [5.41, 5.74) is -0.183. The van der Waals surface area contributed by atoms with Gasteiger partial charge in [-0.3, -0.25) is 4.79 Å². The molecule has 2 nitrogen and oxygen atoms in total. The number of carbonyl (C=O) groups is 1. The number of hydrogen-bond acceptors (Lipinski definition) is 2. The molecular formula is C9H8ClNOS. The van der Waals surface area contributed by atoms with Crippen molar-refractivity contribution in [3.05, 3.63) is 21.3 Å². The summed E-state index contributed by atoms with van der Waals surface area (Å²) in [6.07, 6.45) is 1.01. The van der Waals surface area contributed by atoms with Gasteiger partial charge in [0.25, 0.3) is 0 Å². The van der Waals surface area contributed by atoms with Crippen molar-refractivity contribution in [2.45, 2.75) is 11.8 Å². The Kier molecular flexibility index (Phi) is 1.37. The van der Waals surface area contributed by atoms with Crippen molar-refractivity contribution < 1.29 is 4.79 Å². The Bertz CT molecular complexity index is 389. The number of rotatable bonds is 1. The van der Waals surface area contributed by atoms with Crippen LogP contribution in [-0.2, 0) is 10.2 Å². The molecule has 1 aromatic rings. The quantitative estimate of drug-likeness (QED) is 0.757. The first-order valence-corrected chi connectivity index (χ1v) is 5.47. The Morgan fingerprint density at radius 3 is 2.92 bits per heavy atom. The number of hydrogen-bond donors (Lipinski definition) is 1. The first kappa shape index (κ1) is 7.83. The lowest BCUT2D eigenvalue weighted by Crippen LogP contribution is -2.27. The van der Waals surface area contributed by atoms with Gasteiger partial charge in [0.05, 0.1) is 9.75 Å². The molecule has 0 aromatic carbocycles. The van der Waals surface area contributed by atoms with E-state index in [9.17, 15) is 4.79 Å². The van der Waals surface area contributed by atoms with Crippen molar-refractivity contribution in [3.63, 3.8) is 0 Å². The summed E-state index contributed by atoms with van der Waals surface area (Å²) in [5.74, 6) is 0.714. The van der Waals surface area contributed by atoms with Gasteiger partial charge in [0.2, 0.25) is 5.91 Å². The minimum atomic E-state index is -0.183. The summed E-state index contributed by atoms with van der Waals surface area (Å²) in [6, 6.07) is 3.86. The second-order valence-electron chi connectivity index (χ2n) is 3.69. The second kappa shape index (κ2) is 2.28. The predicted octanol–water partition coefficient (Wildman–Crippen LogP) is 1.79. The molecule has 2 fully saturated rings. The van der Waals surface area contributed by atoms with E-state index in [-0.39, 0.29) is 11.3 Å². The Morgan fingerprint density at radius 2 is 2.46 bits per heavy atom. The lowest BCUT2D eigenvalue weighted by molar-refractivity contribution is -0.121. The van der Waals surface area contributed by atoms with Crippen molar-refractivity contribution in [2.24, 2.45) is 5.92 Å². The molecule has 0 spiro atoms. The van der Waals surface area contributed by atoms with Crippen LogP contribution in [-0.4, -0.2) is 12.5 Å². The second-order valence-corrected chi connectivity index (χ2v) is 5.40. The number of carbonyl (C=O) groups excluding carboxylic acids is 1. The maximum atomic E-state index is 11.6. The van der Waals surface area contributed by atoms with E-state index in [2.05, 4.69) is 5.32 Å². The van der Waals surface area contributed by atoms with Crippen LogP contribution in [0.1, 0.15) is 11.3 Å². The van der Waals surface area contributed by atoms with Gasteiger partial charge in [0.15, 0.2) is 0 Å². The zero-order chi connectivity index (χ0) is 9.05. The highest BCUT2D eigenvalue weighted by Gasteiger charge is 2.65. The maximum absolute atomic E-state index is 11.6. The van der Waals surface area contributed by atoms with Crippen molar-refractivity contribution in [1.82, 2.24) is 5.32 Å². The fourth-order valence-corrected chi connectivity index (χ4v) is 3.52. The standard InChI is InChI=1S/C9H8ClNOS/c10-7-2-1-6(13-7)9-3-5(9)4-11-8(9)12/h1-2,5H,3-4H2,(H,11,12). The summed E-state index contributed by atoms with van der Waals surface area (Å²) in [7, 11) is 0. The van der Waals surface area contributed by atoms with Crippen LogP contribution in [0.2, 0.25) is 4.34 Å². The van der Waals surface area contributed by atoms with Crippen LogP contribution in [0.5, 0.6) is 0 Å². The molecule has 13 heavy (non-hydrogen) atoms. The molecule has 1 saturated heterocycles. The van der Waals surface area contributed by atoms with Gasteiger partial charge in [-0.15, -0.1) is 11.3 Å². The molecular weight excluding hydrogens is 206 g/mol. The maximum Gasteiger partial charge on any atom is 0.231 e. The number of nitrogens with one attached hydrogen (secondary N) is 1. The van der Waals surface area contributed by atoms with Gasteiger partial charge < -0.3 is 5.32 Å². The van der Waals surface area contributed by atoms with E-state index in [0.717, 1.165) is 22.2 Å². The first-order chi connectivity index (χ1) is 6.23. The van der Waals surface area contributed by atoms with Gasteiger partial charge >= 0.3 is 0 Å². The average Bonchev–Trinajstić information content (AvgIpc) is 2.55. The van der Waals surface area contributed by atoms with Crippen molar-refractivity contribution in [1.29, 1.82) is 0 Å². The van der Waals surface area contributed by atoms with Gasteiger partial charge in [-0.1, -0.05) is 11.6 Å². The molecule has 2 unspecified atom stereocenters. The monoisotopic (exact) mass is 213 g/mol. The number of thiophene rings is 1. The summed E-state index contributed by atoms with van der Waals surface area (Å²) < 4.78 is 0.773. The Balaban J connectivity index is 2.06. The van der Waals surface area contributed by atoms with Crippen LogP contribution in [0, 0.1) is 5.92 Å². The van der Waals surface area contributed by atoms with Gasteiger partial charge in [-0.25, -0.2) is 0 Å². The SMILES string of the molecule is O=C1NCC2CC12c1ccc(Cl)s1. The van der Waals surface area contributed by atoms with Crippen molar-refractivity contribution in [3.8, 4) is 0 Å². The van der Waals surface area contributed by atoms with Gasteiger partial charge in [-0.2, -0.15) is 0 Å². The fourth-order valence-electron chi connectivity index (χ4n) is 2.20. The molecule has 2 heterocycles. The van der Waals surface area contributed by atoms with Crippen LogP contribution in [0.25, 0.3) is 0 Å². The molecule has 1 amide bonds. The summed E-state index contributed by atoms with van der Waals surface area (Å²) >= 11 is 7.39. The lowest BCUT2D eigenvalue weighted by Gasteiger charge is -2.06. The minimum Gasteiger partial charge on any atom is -0.355 e. The first-order valence-electron chi connectivity index (χ1n) is 4.27. The molecule has 3 rings (SSSR count). The lowest BCUT2D eigenvalue weighted by atomic mass is 10.0. The zero-order valence-corrected chi connectivity index (χ0v) is 8.41. The molecule has 1 aromatic heterocycles. The van der Waals surface area contributed by atoms with Gasteiger partial charge in [0, 0.05) is 11.4 Å². The predicted molar refractivity (Wildman–Crippen MR) is 52.1 cm³/mol. The molecule has 0 radical (unpaired) electrons. The fraction of sp³-hybridized carbons (Fsp3) is 0.444. The highest BCUT2D eigenvalue weighted by molar-refractivity contribution is 7.16. The Labute approximate surface area is 84.9 Å². The average molecular weight is 214 g/mol. The van der Waals surface area contributed by atoms with E-state index in [1.54, 1.807) is 0 Å². The third-order valence-electron chi connectivity index (χ3n) is 3.03. The zero-order valence-electron chi connectivity index (χ0n) is 6.84. The van der Waals surface area contributed by atoms with Crippen LogP contribution < -0.4 is 5.32 Å². The molecule has 2 atom stereocenters. The minimum absolute atomic E-state index is 0.183. The smallest absolute Gasteiger partial charge is 0.231 e. The molecule has 1 N–H and O–H groups in total. The van der Waals surface area contributed by atoms with E-state index in [1.165, 1.54) is 11.3 Å². The summed E-state index contributed by atoms with van der Waals surface area (Å²) in [4.78, 5) is 12.7. The summed E-state index contributed by atoms with van der Waals surface area (Å²) in [5, 5.41) is 2.89. The Hall–Kier alpha value is -0.540. The van der Waals surface area contributed by atoms with Crippen LogP contribution >= 0.6 is 22.9 Å². The highest BCUT2D eigenvalue weighted by atomic mass is 35.5. The van der Waals surface area contributed by atoms with E-state index < -0.39 is 0 Å². The van der Waals surface area contributed by atoms with Crippen molar-refractivity contribution in [2.75, 3.05) is 6.54 Å². The van der Waals surface area contributed by atoms with E-state index in [4.69, 9.17) is 11.6 Å². The number of piperidine rings is 1. The van der Waals surface area contributed by atoms with E-state index in [0.29, 0.717) is 5.92 Å². The summed E-state index contributed by atoms with van der Waals surface area (Å²) in [6.45, 7) is 0.842. The third kappa shape index (κ3) is 0.864. The molecule has 0 bridgehead atoms. The molecule has 1 saturated carbocycles. The molecule has 68 valence electrons. The topological polar surface area (TPSA) is 29.1 Å². The largest absolute Gasteiger partial charge is 0.355 e. The molecule has 1 aliphatic heterocycles. The highest BCUT2D eigenvalue weighted by Crippen LogP contribution is 2.58. The van der Waals surface area contributed by atoms with E-state index in [1.807, 2.05) is 12.1 Å². The number of fused-ring (bicyclic) bond motifs is 1. The van der Waals surface area contributed by atoms with Crippen LogP contribution in [0.3, 0.4) is 0 Å². The van der Waals surface area contributed by atoms with Crippen LogP contribution in [0.4, 0.5) is 0 Å². The van der Waals surface area contributed by atoms with Gasteiger partial charge in [0.1, 0.15) is 0 Å². The van der Waals surface area contributed by atoms with E-state index >= 15 is 0 Å². The van der Waals surface area contributed by atoms with Gasteiger partial charge in [-0.05, 0) is 24.5 Å². The van der Waals surface area contributed by atoms with Crippen molar-refractivity contribution >= 4 is 28.8 Å². The third-order valence-corrected chi connectivity index (χ3v) is 4.44. The van der Waals surface area contributed by atoms with Crippen LogP contribution in [0.15, 0.2) is 12.1 Å². The normalized spacial score (nSPS) is 35.8. The molecule has 2 aliphatic rings. The number of amides is 1. The molecule has 4 heteroatoms. The Morgan fingerprint density at radius 1 is 1.62 bits per heavy atom.